The number of nitrogens with zero attached hydrogens (tertiary/aromatic N) is 1. The molecule has 5 heteroatoms. The minimum atomic E-state index is -1.07. The summed E-state index contributed by atoms with van der Waals surface area (Å²) in [7, 11) is 0. The van der Waals surface area contributed by atoms with Crippen LogP contribution in [-0.2, 0) is 0 Å². The molecule has 3 rings (SSSR count). The van der Waals surface area contributed by atoms with Crippen LogP contribution >= 0.6 is 0 Å². The van der Waals surface area contributed by atoms with E-state index < -0.39 is 5.97 Å². The lowest BCUT2D eigenvalue weighted by Crippen LogP contribution is -2.32. The third kappa shape index (κ3) is 3.24. The minimum absolute atomic E-state index is 0.0565. The first kappa shape index (κ1) is 14.1. The topological polar surface area (TPSA) is 69.6 Å². The number of carboxylic acid groups (broad SMARTS) is 1. The molecule has 1 atom stereocenters. The van der Waals surface area contributed by atoms with E-state index in [0.29, 0.717) is 12.5 Å². The number of likely N-dealkylation sites (tertiary alicyclic amines) is 1. The quantitative estimate of drug-likeness (QED) is 0.863. The summed E-state index contributed by atoms with van der Waals surface area (Å²) in [5.74, 6) is -0.883. The third-order valence-electron chi connectivity index (χ3n) is 4.33. The van der Waals surface area contributed by atoms with Gasteiger partial charge in [-0.05, 0) is 43.9 Å². The van der Waals surface area contributed by atoms with Crippen LogP contribution in [0.15, 0.2) is 24.3 Å². The predicted molar refractivity (Wildman–Crippen MR) is 78.4 cm³/mol. The fourth-order valence-corrected chi connectivity index (χ4v) is 3.00. The van der Waals surface area contributed by atoms with Crippen molar-refractivity contribution < 1.29 is 14.7 Å². The van der Waals surface area contributed by atoms with E-state index in [1.807, 2.05) is 0 Å². The molecule has 1 aliphatic carbocycles. The molecule has 21 heavy (non-hydrogen) atoms. The van der Waals surface area contributed by atoms with Gasteiger partial charge < -0.3 is 15.3 Å². The molecule has 2 aliphatic rings. The minimum Gasteiger partial charge on any atom is -0.478 e. The van der Waals surface area contributed by atoms with Crippen LogP contribution in [-0.4, -0.2) is 47.6 Å². The normalized spacial score (nSPS) is 22.2. The highest BCUT2D eigenvalue weighted by molar-refractivity contribution is 6.04. The summed E-state index contributed by atoms with van der Waals surface area (Å²) in [4.78, 5) is 25.8. The Hall–Kier alpha value is -1.88. The number of hydrogen-bond donors (Lipinski definition) is 2. The van der Waals surface area contributed by atoms with Gasteiger partial charge in [0.1, 0.15) is 0 Å². The lowest BCUT2D eigenvalue weighted by atomic mass is 10.1. The Kier molecular flexibility index (Phi) is 3.92. The van der Waals surface area contributed by atoms with E-state index >= 15 is 0 Å². The molecule has 1 aromatic carbocycles. The highest BCUT2D eigenvalue weighted by Crippen LogP contribution is 2.31. The van der Waals surface area contributed by atoms with E-state index in [4.69, 9.17) is 5.11 Å². The zero-order chi connectivity index (χ0) is 14.8. The molecule has 1 unspecified atom stereocenters. The van der Waals surface area contributed by atoms with Gasteiger partial charge in [-0.15, -0.1) is 0 Å². The van der Waals surface area contributed by atoms with Crippen LogP contribution in [0.4, 0.5) is 0 Å². The highest BCUT2D eigenvalue weighted by Gasteiger charge is 2.34. The highest BCUT2D eigenvalue weighted by atomic mass is 16.4. The van der Waals surface area contributed by atoms with Gasteiger partial charge in [-0.25, -0.2) is 4.79 Å². The number of carboxylic acids is 1. The number of amides is 1. The second-order valence-corrected chi connectivity index (χ2v) is 5.94. The van der Waals surface area contributed by atoms with Crippen LogP contribution in [0.25, 0.3) is 0 Å². The van der Waals surface area contributed by atoms with Crippen molar-refractivity contribution >= 4 is 11.9 Å². The molecule has 1 saturated heterocycles. The van der Waals surface area contributed by atoms with Crippen LogP contribution in [0.5, 0.6) is 0 Å². The molecule has 1 aromatic rings. The van der Waals surface area contributed by atoms with Crippen LogP contribution in [0, 0.1) is 5.92 Å². The van der Waals surface area contributed by atoms with Gasteiger partial charge in [0, 0.05) is 19.1 Å². The zero-order valence-electron chi connectivity index (χ0n) is 11.9. The first-order chi connectivity index (χ1) is 10.1. The van der Waals surface area contributed by atoms with Crippen molar-refractivity contribution in [3.63, 3.8) is 0 Å². The van der Waals surface area contributed by atoms with Gasteiger partial charge in [0.2, 0.25) is 0 Å². The lowest BCUT2D eigenvalue weighted by Gasteiger charge is -2.15. The molecule has 2 fully saturated rings. The van der Waals surface area contributed by atoms with Gasteiger partial charge >= 0.3 is 5.97 Å². The molecule has 5 nitrogen and oxygen atoms in total. The summed E-state index contributed by atoms with van der Waals surface area (Å²) < 4.78 is 0. The van der Waals surface area contributed by atoms with Crippen LogP contribution in [0.1, 0.15) is 40.0 Å². The van der Waals surface area contributed by atoms with E-state index in [9.17, 15) is 9.59 Å². The molecule has 1 heterocycles. The largest absolute Gasteiger partial charge is 0.478 e. The van der Waals surface area contributed by atoms with Gasteiger partial charge in [0.25, 0.3) is 5.91 Å². The summed E-state index contributed by atoms with van der Waals surface area (Å²) in [5.41, 5.74) is 0.295. The SMILES string of the molecule is O=C(O)c1ccccc1C(=O)NCC1CCN(C2CC2)C1. The Morgan fingerprint density at radius 1 is 1.19 bits per heavy atom. The Labute approximate surface area is 123 Å². The third-order valence-corrected chi connectivity index (χ3v) is 4.33. The van der Waals surface area contributed by atoms with Gasteiger partial charge in [0.15, 0.2) is 0 Å². The lowest BCUT2D eigenvalue weighted by molar-refractivity contribution is 0.0691. The standard InChI is InChI=1S/C16H20N2O3/c19-15(13-3-1-2-4-14(13)16(20)21)17-9-11-7-8-18(10-11)12-5-6-12/h1-4,11-12H,5-10H2,(H,17,19)(H,20,21). The number of carbonyl (C=O) groups excluding carboxylic acids is 1. The van der Waals surface area contributed by atoms with Gasteiger partial charge in [-0.2, -0.15) is 0 Å². The van der Waals surface area contributed by atoms with Gasteiger partial charge in [-0.1, -0.05) is 12.1 Å². The number of rotatable bonds is 5. The van der Waals surface area contributed by atoms with Crippen molar-refractivity contribution in [3.05, 3.63) is 35.4 Å². The number of nitrogens with one attached hydrogen (secondary N) is 1. The average Bonchev–Trinajstić information content (AvgIpc) is 3.24. The zero-order valence-corrected chi connectivity index (χ0v) is 11.9. The smallest absolute Gasteiger partial charge is 0.336 e. The average molecular weight is 288 g/mol. The molecule has 1 aliphatic heterocycles. The van der Waals surface area contributed by atoms with Gasteiger partial charge in [0.05, 0.1) is 11.1 Å². The number of carbonyl (C=O) groups is 2. The molecular weight excluding hydrogens is 268 g/mol. The van der Waals surface area contributed by atoms with E-state index in [-0.39, 0.29) is 17.0 Å². The van der Waals surface area contributed by atoms with Crippen molar-refractivity contribution in [2.24, 2.45) is 5.92 Å². The molecular formula is C16H20N2O3. The fourth-order valence-electron chi connectivity index (χ4n) is 3.00. The Morgan fingerprint density at radius 3 is 2.57 bits per heavy atom. The summed E-state index contributed by atoms with van der Waals surface area (Å²) in [6.45, 7) is 2.79. The Morgan fingerprint density at radius 2 is 1.90 bits per heavy atom. The van der Waals surface area contributed by atoms with Crippen LogP contribution in [0.3, 0.4) is 0 Å². The molecule has 0 aromatic heterocycles. The van der Waals surface area contributed by atoms with E-state index in [2.05, 4.69) is 10.2 Å². The van der Waals surface area contributed by atoms with E-state index in [1.165, 1.54) is 18.9 Å². The van der Waals surface area contributed by atoms with Crippen LogP contribution in [0.2, 0.25) is 0 Å². The molecule has 0 radical (unpaired) electrons. The second kappa shape index (κ2) is 5.85. The van der Waals surface area contributed by atoms with E-state index in [0.717, 1.165) is 25.6 Å². The van der Waals surface area contributed by atoms with Gasteiger partial charge in [-0.3, -0.25) is 4.79 Å². The van der Waals surface area contributed by atoms with E-state index in [1.54, 1.807) is 18.2 Å². The number of aromatic carboxylic acids is 1. The molecule has 112 valence electrons. The molecule has 1 saturated carbocycles. The second-order valence-electron chi connectivity index (χ2n) is 5.94. The van der Waals surface area contributed by atoms with Crippen molar-refractivity contribution in [1.29, 1.82) is 0 Å². The summed E-state index contributed by atoms with van der Waals surface area (Å²) in [5, 5.41) is 12.0. The van der Waals surface area contributed by atoms with Crippen LogP contribution < -0.4 is 5.32 Å². The Bertz CT molecular complexity index is 554. The maximum Gasteiger partial charge on any atom is 0.336 e. The fraction of sp³-hybridized carbons (Fsp3) is 0.500. The molecule has 2 N–H and O–H groups in total. The number of hydrogen-bond acceptors (Lipinski definition) is 3. The summed E-state index contributed by atoms with van der Waals surface area (Å²) >= 11 is 0. The maximum absolute atomic E-state index is 12.2. The number of benzene rings is 1. The first-order valence-electron chi connectivity index (χ1n) is 7.49. The first-order valence-corrected chi connectivity index (χ1v) is 7.49. The van der Waals surface area contributed by atoms with Crippen molar-refractivity contribution in [2.45, 2.75) is 25.3 Å². The molecule has 0 spiro atoms. The van der Waals surface area contributed by atoms with Crippen molar-refractivity contribution in [1.82, 2.24) is 10.2 Å². The molecule has 1 amide bonds. The monoisotopic (exact) mass is 288 g/mol. The Balaban J connectivity index is 1.56. The maximum atomic E-state index is 12.2. The summed E-state index contributed by atoms with van der Waals surface area (Å²) in [6, 6.07) is 7.11. The molecule has 0 bridgehead atoms. The summed E-state index contributed by atoms with van der Waals surface area (Å²) in [6.07, 6.45) is 3.73. The van der Waals surface area contributed by atoms with Crippen molar-refractivity contribution in [3.8, 4) is 0 Å². The van der Waals surface area contributed by atoms with Crippen molar-refractivity contribution in [2.75, 3.05) is 19.6 Å². The predicted octanol–water partition coefficient (Wildman–Crippen LogP) is 1.60.